The van der Waals surface area contributed by atoms with E-state index in [1.807, 2.05) is 78.9 Å². The van der Waals surface area contributed by atoms with Gasteiger partial charge in [-0.15, -0.1) is 0 Å². The molecular formula is C23H15NO2. The van der Waals surface area contributed by atoms with Gasteiger partial charge in [-0.1, -0.05) is 48.5 Å². The molecule has 2 aromatic heterocycles. The lowest BCUT2D eigenvalue weighted by Gasteiger charge is -2.07. The number of phenols is 1. The lowest BCUT2D eigenvalue weighted by molar-refractivity contribution is 0.470. The number of benzene rings is 3. The van der Waals surface area contributed by atoms with Gasteiger partial charge >= 0.3 is 0 Å². The van der Waals surface area contributed by atoms with Crippen molar-refractivity contribution in [2.45, 2.75) is 0 Å². The Kier molecular flexibility index (Phi) is 3.25. The van der Waals surface area contributed by atoms with Crippen molar-refractivity contribution in [1.82, 2.24) is 4.98 Å². The molecule has 0 fully saturated rings. The van der Waals surface area contributed by atoms with Crippen LogP contribution in [0.4, 0.5) is 0 Å². The average molecular weight is 337 g/mol. The SMILES string of the molecule is Oc1c(-c2ccc(-c3ccccn3)cc2)ccc2c1oc1ccccc12. The minimum absolute atomic E-state index is 0.171. The van der Waals surface area contributed by atoms with Crippen molar-refractivity contribution in [3.8, 4) is 28.1 Å². The minimum atomic E-state index is 0.171. The van der Waals surface area contributed by atoms with Crippen molar-refractivity contribution < 1.29 is 9.52 Å². The Bertz CT molecular complexity index is 1220. The van der Waals surface area contributed by atoms with E-state index in [4.69, 9.17) is 4.42 Å². The van der Waals surface area contributed by atoms with Gasteiger partial charge in [0, 0.05) is 28.1 Å². The monoisotopic (exact) mass is 337 g/mol. The van der Waals surface area contributed by atoms with Crippen molar-refractivity contribution >= 4 is 21.9 Å². The van der Waals surface area contributed by atoms with Crippen LogP contribution < -0.4 is 0 Å². The van der Waals surface area contributed by atoms with E-state index in [2.05, 4.69) is 4.98 Å². The van der Waals surface area contributed by atoms with Crippen molar-refractivity contribution in [3.05, 3.63) is 85.1 Å². The highest BCUT2D eigenvalue weighted by Gasteiger charge is 2.14. The number of furan rings is 1. The zero-order valence-corrected chi connectivity index (χ0v) is 13.9. The van der Waals surface area contributed by atoms with Gasteiger partial charge in [-0.2, -0.15) is 0 Å². The summed E-state index contributed by atoms with van der Waals surface area (Å²) in [6.45, 7) is 0. The molecule has 0 atom stereocenters. The number of phenolic OH excluding ortho intramolecular Hbond substituents is 1. The first-order valence-electron chi connectivity index (χ1n) is 8.46. The quantitative estimate of drug-likeness (QED) is 0.428. The van der Waals surface area contributed by atoms with E-state index in [9.17, 15) is 5.11 Å². The Balaban J connectivity index is 1.62. The Labute approximate surface area is 150 Å². The molecule has 0 spiro atoms. The summed E-state index contributed by atoms with van der Waals surface area (Å²) < 4.78 is 5.88. The number of aromatic hydroxyl groups is 1. The average Bonchev–Trinajstić information content (AvgIpc) is 3.09. The predicted molar refractivity (Wildman–Crippen MR) is 104 cm³/mol. The van der Waals surface area contributed by atoms with Crippen LogP contribution in [0.25, 0.3) is 44.3 Å². The van der Waals surface area contributed by atoms with Crippen molar-refractivity contribution in [1.29, 1.82) is 0 Å². The first-order chi connectivity index (χ1) is 12.8. The van der Waals surface area contributed by atoms with Crippen molar-refractivity contribution in [3.63, 3.8) is 0 Å². The van der Waals surface area contributed by atoms with E-state index >= 15 is 0 Å². The highest BCUT2D eigenvalue weighted by atomic mass is 16.4. The molecule has 0 aliphatic rings. The van der Waals surface area contributed by atoms with Crippen LogP contribution in [0.1, 0.15) is 0 Å². The number of rotatable bonds is 2. The van der Waals surface area contributed by atoms with Gasteiger partial charge in [-0.05, 0) is 35.9 Å². The molecule has 0 aliphatic carbocycles. The third-order valence-electron chi connectivity index (χ3n) is 4.68. The summed E-state index contributed by atoms with van der Waals surface area (Å²) in [5, 5.41) is 12.7. The summed E-state index contributed by atoms with van der Waals surface area (Å²) in [7, 11) is 0. The maximum absolute atomic E-state index is 10.8. The van der Waals surface area contributed by atoms with Gasteiger partial charge in [0.1, 0.15) is 5.58 Å². The van der Waals surface area contributed by atoms with E-state index in [1.54, 1.807) is 6.20 Å². The van der Waals surface area contributed by atoms with E-state index in [0.29, 0.717) is 5.58 Å². The largest absolute Gasteiger partial charge is 0.504 e. The molecule has 0 unspecified atom stereocenters. The number of hydrogen-bond donors (Lipinski definition) is 1. The van der Waals surface area contributed by atoms with E-state index < -0.39 is 0 Å². The number of nitrogens with zero attached hydrogens (tertiary/aromatic N) is 1. The summed E-state index contributed by atoms with van der Waals surface area (Å²) in [6.07, 6.45) is 1.78. The van der Waals surface area contributed by atoms with Gasteiger partial charge in [0.05, 0.1) is 5.69 Å². The summed E-state index contributed by atoms with van der Waals surface area (Å²) in [4.78, 5) is 4.37. The predicted octanol–water partition coefficient (Wildman–Crippen LogP) is 6.02. The molecule has 0 amide bonds. The number of fused-ring (bicyclic) bond motifs is 3. The normalized spacial score (nSPS) is 11.2. The topological polar surface area (TPSA) is 46.3 Å². The Morgan fingerprint density at radius 1 is 0.692 bits per heavy atom. The Morgan fingerprint density at radius 2 is 1.46 bits per heavy atom. The Hall–Kier alpha value is -3.59. The zero-order valence-electron chi connectivity index (χ0n) is 13.9. The summed E-state index contributed by atoms with van der Waals surface area (Å²) in [5.41, 5.74) is 4.96. The molecule has 1 N–H and O–H groups in total. The molecular weight excluding hydrogens is 322 g/mol. The van der Waals surface area contributed by atoms with Gasteiger partial charge < -0.3 is 9.52 Å². The second-order valence-corrected chi connectivity index (χ2v) is 6.23. The summed E-state index contributed by atoms with van der Waals surface area (Å²) in [5.74, 6) is 0.171. The molecule has 26 heavy (non-hydrogen) atoms. The van der Waals surface area contributed by atoms with Crippen LogP contribution in [-0.4, -0.2) is 10.1 Å². The Morgan fingerprint density at radius 3 is 2.27 bits per heavy atom. The maximum atomic E-state index is 10.8. The van der Waals surface area contributed by atoms with Gasteiger partial charge in [0.15, 0.2) is 11.3 Å². The standard InChI is InChI=1S/C23H15NO2/c25-22-17(12-13-19-18-5-1-2-7-21(18)26-23(19)22)15-8-10-16(11-9-15)20-6-3-4-14-24-20/h1-14,25H. The second-order valence-electron chi connectivity index (χ2n) is 6.23. The van der Waals surface area contributed by atoms with Crippen LogP contribution in [0.15, 0.2) is 89.5 Å². The zero-order chi connectivity index (χ0) is 17.5. The number of hydrogen-bond acceptors (Lipinski definition) is 3. The van der Waals surface area contributed by atoms with Crippen LogP contribution in [-0.2, 0) is 0 Å². The van der Waals surface area contributed by atoms with E-state index in [1.165, 1.54) is 0 Å². The molecule has 5 rings (SSSR count). The summed E-state index contributed by atoms with van der Waals surface area (Å²) >= 11 is 0. The molecule has 0 saturated carbocycles. The molecule has 3 heteroatoms. The molecule has 0 saturated heterocycles. The van der Waals surface area contributed by atoms with E-state index in [0.717, 1.165) is 38.7 Å². The maximum Gasteiger partial charge on any atom is 0.177 e. The molecule has 3 aromatic carbocycles. The highest BCUT2D eigenvalue weighted by Crippen LogP contribution is 2.40. The number of para-hydroxylation sites is 1. The first kappa shape index (κ1) is 14.7. The van der Waals surface area contributed by atoms with Crippen molar-refractivity contribution in [2.24, 2.45) is 0 Å². The highest BCUT2D eigenvalue weighted by molar-refractivity contribution is 6.08. The molecule has 2 heterocycles. The van der Waals surface area contributed by atoms with Crippen LogP contribution in [0, 0.1) is 0 Å². The molecule has 0 radical (unpaired) electrons. The van der Waals surface area contributed by atoms with E-state index in [-0.39, 0.29) is 5.75 Å². The lowest BCUT2D eigenvalue weighted by Crippen LogP contribution is -1.84. The number of pyridine rings is 1. The third-order valence-corrected chi connectivity index (χ3v) is 4.68. The second kappa shape index (κ2) is 5.74. The van der Waals surface area contributed by atoms with Gasteiger partial charge in [0.25, 0.3) is 0 Å². The smallest absolute Gasteiger partial charge is 0.177 e. The minimum Gasteiger partial charge on any atom is -0.504 e. The fourth-order valence-electron chi connectivity index (χ4n) is 3.36. The summed E-state index contributed by atoms with van der Waals surface area (Å²) in [6, 6.07) is 25.6. The fourth-order valence-corrected chi connectivity index (χ4v) is 3.36. The van der Waals surface area contributed by atoms with Crippen LogP contribution in [0.2, 0.25) is 0 Å². The third kappa shape index (κ3) is 2.25. The first-order valence-corrected chi connectivity index (χ1v) is 8.46. The molecule has 3 nitrogen and oxygen atoms in total. The molecule has 0 bridgehead atoms. The molecule has 0 aliphatic heterocycles. The number of aromatic nitrogens is 1. The lowest BCUT2D eigenvalue weighted by atomic mass is 10.00. The van der Waals surface area contributed by atoms with Crippen LogP contribution in [0.5, 0.6) is 5.75 Å². The van der Waals surface area contributed by atoms with Gasteiger partial charge in [-0.3, -0.25) is 4.98 Å². The van der Waals surface area contributed by atoms with Crippen LogP contribution >= 0.6 is 0 Å². The fraction of sp³-hybridized carbons (Fsp3) is 0. The van der Waals surface area contributed by atoms with Gasteiger partial charge in [0.2, 0.25) is 0 Å². The van der Waals surface area contributed by atoms with Crippen molar-refractivity contribution in [2.75, 3.05) is 0 Å². The van der Waals surface area contributed by atoms with Crippen LogP contribution in [0.3, 0.4) is 0 Å². The molecule has 5 aromatic rings. The molecule has 124 valence electrons. The van der Waals surface area contributed by atoms with Gasteiger partial charge in [-0.25, -0.2) is 0 Å².